The molecule has 0 atom stereocenters. The summed E-state index contributed by atoms with van der Waals surface area (Å²) in [6.07, 6.45) is 5.81. The van der Waals surface area contributed by atoms with Crippen molar-refractivity contribution < 1.29 is 0 Å². The molecule has 0 spiro atoms. The lowest BCUT2D eigenvalue weighted by molar-refractivity contribution is 0.523. The van der Waals surface area contributed by atoms with E-state index in [4.69, 9.17) is 10.7 Å². The van der Waals surface area contributed by atoms with E-state index in [1.54, 1.807) is 0 Å². The highest BCUT2D eigenvalue weighted by molar-refractivity contribution is 5.62. The molecule has 80 valence electrons. The predicted octanol–water partition coefficient (Wildman–Crippen LogP) is 2.38. The van der Waals surface area contributed by atoms with E-state index >= 15 is 0 Å². The van der Waals surface area contributed by atoms with Gasteiger partial charge >= 0.3 is 0 Å². The maximum absolute atomic E-state index is 6.32. The zero-order valence-corrected chi connectivity index (χ0v) is 9.56. The number of aromatic nitrogens is 1. The minimum Gasteiger partial charge on any atom is -0.398 e. The van der Waals surface area contributed by atoms with Gasteiger partial charge in [0.25, 0.3) is 0 Å². The highest BCUT2D eigenvalue weighted by Crippen LogP contribution is 2.44. The lowest BCUT2D eigenvalue weighted by Crippen LogP contribution is -2.16. The molecule has 0 amide bonds. The van der Waals surface area contributed by atoms with Gasteiger partial charge in [0.2, 0.25) is 0 Å². The molecule has 1 aromatic heterocycles. The molecule has 2 nitrogen and oxygen atoms in total. The third kappa shape index (κ3) is 1.14. The second kappa shape index (κ2) is 2.75. The third-order valence-corrected chi connectivity index (χ3v) is 4.01. The van der Waals surface area contributed by atoms with E-state index in [-0.39, 0.29) is 5.41 Å². The first kappa shape index (κ1) is 9.20. The van der Waals surface area contributed by atoms with Crippen molar-refractivity contribution in [1.82, 2.24) is 4.98 Å². The second-order valence-electron chi connectivity index (χ2n) is 5.51. The summed E-state index contributed by atoms with van der Waals surface area (Å²) in [7, 11) is 0. The van der Waals surface area contributed by atoms with Crippen molar-refractivity contribution in [1.29, 1.82) is 0 Å². The zero-order valence-electron chi connectivity index (χ0n) is 9.56. The first-order valence-electron chi connectivity index (χ1n) is 5.90. The molecule has 0 unspecified atom stereocenters. The van der Waals surface area contributed by atoms with Gasteiger partial charge in [-0.3, -0.25) is 4.98 Å². The Balaban J connectivity index is 2.27. The van der Waals surface area contributed by atoms with Crippen LogP contribution >= 0.6 is 0 Å². The Bertz CT molecular complexity index is 433. The molecule has 2 N–H and O–H groups in total. The van der Waals surface area contributed by atoms with Crippen molar-refractivity contribution in [2.75, 3.05) is 5.73 Å². The number of hydrogen-bond donors (Lipinski definition) is 1. The topological polar surface area (TPSA) is 38.9 Å². The van der Waals surface area contributed by atoms with Gasteiger partial charge in [-0.15, -0.1) is 0 Å². The number of rotatable bonds is 0. The summed E-state index contributed by atoms with van der Waals surface area (Å²) in [5.41, 5.74) is 12.9. The summed E-state index contributed by atoms with van der Waals surface area (Å²) >= 11 is 0. The van der Waals surface area contributed by atoms with Crippen molar-refractivity contribution in [3.05, 3.63) is 22.5 Å². The molecule has 1 aromatic rings. The molecule has 0 saturated heterocycles. The van der Waals surface area contributed by atoms with Gasteiger partial charge < -0.3 is 5.73 Å². The number of aryl methyl sites for hydroxylation is 2. The highest BCUT2D eigenvalue weighted by atomic mass is 14.8. The summed E-state index contributed by atoms with van der Waals surface area (Å²) in [6, 6.07) is 0. The molecule has 0 bridgehead atoms. The number of nitrogens with zero attached hydrogens (tertiary/aromatic N) is 1. The minimum absolute atomic E-state index is 0.240. The highest BCUT2D eigenvalue weighted by Gasteiger charge is 2.35. The van der Waals surface area contributed by atoms with Gasteiger partial charge in [-0.05, 0) is 43.1 Å². The van der Waals surface area contributed by atoms with Gasteiger partial charge in [0.05, 0.1) is 0 Å². The lowest BCUT2D eigenvalue weighted by atomic mass is 9.85. The second-order valence-corrected chi connectivity index (χ2v) is 5.51. The van der Waals surface area contributed by atoms with Gasteiger partial charge in [0, 0.05) is 22.6 Å². The van der Waals surface area contributed by atoms with Crippen LogP contribution < -0.4 is 5.73 Å². The Kier molecular flexibility index (Phi) is 1.68. The normalized spacial score (nSPS) is 21.5. The summed E-state index contributed by atoms with van der Waals surface area (Å²) in [5.74, 6) is 0. The summed E-state index contributed by atoms with van der Waals surface area (Å²) < 4.78 is 0. The number of nitrogens with two attached hydrogens (primary N) is 1. The van der Waals surface area contributed by atoms with Crippen LogP contribution in [0.5, 0.6) is 0 Å². The molecule has 0 aromatic carbocycles. The summed E-state index contributed by atoms with van der Waals surface area (Å²) in [5, 5.41) is 0. The van der Waals surface area contributed by atoms with Gasteiger partial charge in [0.15, 0.2) is 0 Å². The van der Waals surface area contributed by atoms with Gasteiger partial charge in [-0.25, -0.2) is 0 Å². The molecule has 2 heteroatoms. The Labute approximate surface area is 90.9 Å². The fourth-order valence-corrected chi connectivity index (χ4v) is 3.16. The Hall–Kier alpha value is -1.05. The van der Waals surface area contributed by atoms with E-state index < -0.39 is 0 Å². The van der Waals surface area contributed by atoms with Crippen LogP contribution in [0.1, 0.15) is 49.2 Å². The molecule has 2 aliphatic carbocycles. The van der Waals surface area contributed by atoms with E-state index in [0.29, 0.717) is 0 Å². The Morgan fingerprint density at radius 1 is 1.13 bits per heavy atom. The molecule has 2 aliphatic rings. The van der Waals surface area contributed by atoms with Crippen molar-refractivity contribution in [2.24, 2.45) is 0 Å². The van der Waals surface area contributed by atoms with Crippen LogP contribution in [0.2, 0.25) is 0 Å². The van der Waals surface area contributed by atoms with Crippen molar-refractivity contribution >= 4 is 5.69 Å². The van der Waals surface area contributed by atoms with Crippen LogP contribution in [0.4, 0.5) is 5.69 Å². The summed E-state index contributed by atoms with van der Waals surface area (Å²) in [6.45, 7) is 4.58. The number of fused-ring (bicyclic) bond motifs is 2. The monoisotopic (exact) mass is 202 g/mol. The number of anilines is 1. The van der Waals surface area contributed by atoms with Crippen LogP contribution in [0.15, 0.2) is 0 Å². The molecule has 1 heterocycles. The van der Waals surface area contributed by atoms with Crippen LogP contribution in [-0.2, 0) is 24.7 Å². The molecule has 0 fully saturated rings. The molecule has 0 aliphatic heterocycles. The van der Waals surface area contributed by atoms with E-state index in [9.17, 15) is 0 Å². The number of hydrogen-bond acceptors (Lipinski definition) is 2. The van der Waals surface area contributed by atoms with E-state index in [0.717, 1.165) is 24.9 Å². The summed E-state index contributed by atoms with van der Waals surface area (Å²) in [4.78, 5) is 4.81. The van der Waals surface area contributed by atoms with Gasteiger partial charge in [0.1, 0.15) is 0 Å². The smallest absolute Gasteiger partial charge is 0.0465 e. The third-order valence-electron chi connectivity index (χ3n) is 4.01. The van der Waals surface area contributed by atoms with Crippen molar-refractivity contribution in [2.45, 2.75) is 51.4 Å². The first-order chi connectivity index (χ1) is 7.09. The lowest BCUT2D eigenvalue weighted by Gasteiger charge is -2.22. The predicted molar refractivity (Wildman–Crippen MR) is 62.0 cm³/mol. The van der Waals surface area contributed by atoms with Crippen LogP contribution in [0, 0.1) is 0 Å². The van der Waals surface area contributed by atoms with Crippen molar-refractivity contribution in [3.8, 4) is 0 Å². The largest absolute Gasteiger partial charge is 0.398 e. The quantitative estimate of drug-likeness (QED) is 0.701. The van der Waals surface area contributed by atoms with Crippen LogP contribution in [-0.4, -0.2) is 4.98 Å². The van der Waals surface area contributed by atoms with Crippen LogP contribution in [0.25, 0.3) is 0 Å². The number of nitrogen functional groups attached to an aromatic ring is 1. The zero-order chi connectivity index (χ0) is 10.6. The van der Waals surface area contributed by atoms with E-state index in [1.165, 1.54) is 35.4 Å². The molecule has 15 heavy (non-hydrogen) atoms. The average molecular weight is 202 g/mol. The Morgan fingerprint density at radius 3 is 2.73 bits per heavy atom. The van der Waals surface area contributed by atoms with Gasteiger partial charge in [-0.1, -0.05) is 13.8 Å². The Morgan fingerprint density at radius 2 is 1.93 bits per heavy atom. The fourth-order valence-electron chi connectivity index (χ4n) is 3.16. The standard InChI is InChI=1S/C13H18N2/c1-13(2)7-6-10-11(13)12(14)8-4-3-5-9(8)15-10/h3-7H2,1-2H3,(H2,14,15). The van der Waals surface area contributed by atoms with Crippen molar-refractivity contribution in [3.63, 3.8) is 0 Å². The maximum Gasteiger partial charge on any atom is 0.0465 e. The molecule has 0 saturated carbocycles. The van der Waals surface area contributed by atoms with Gasteiger partial charge in [-0.2, -0.15) is 0 Å². The van der Waals surface area contributed by atoms with E-state index in [2.05, 4.69) is 13.8 Å². The fraction of sp³-hybridized carbons (Fsp3) is 0.615. The minimum atomic E-state index is 0.240. The molecule has 0 radical (unpaired) electrons. The first-order valence-corrected chi connectivity index (χ1v) is 5.90. The van der Waals surface area contributed by atoms with E-state index in [1.807, 2.05) is 0 Å². The van der Waals surface area contributed by atoms with Crippen LogP contribution in [0.3, 0.4) is 0 Å². The molecule has 3 rings (SSSR count). The SMILES string of the molecule is CC1(C)CCc2nc3c(c(N)c21)CCC3. The molecular weight excluding hydrogens is 184 g/mol. The average Bonchev–Trinajstić information content (AvgIpc) is 2.72. The number of pyridine rings is 1. The maximum atomic E-state index is 6.32. The molecular formula is C13H18N2.